The minimum Gasteiger partial charge on any atom is -0.310 e. The van der Waals surface area contributed by atoms with Gasteiger partial charge >= 0.3 is 0 Å². The van der Waals surface area contributed by atoms with Crippen LogP contribution in [-0.4, -0.2) is 11.0 Å². The third kappa shape index (κ3) is 2.82. The normalized spacial score (nSPS) is 21.9. The maximum absolute atomic E-state index is 13.6. The molecule has 3 rings (SSSR count). The van der Waals surface area contributed by atoms with Gasteiger partial charge in [-0.05, 0) is 48.1 Å². The van der Waals surface area contributed by atoms with E-state index in [1.54, 1.807) is 24.5 Å². The van der Waals surface area contributed by atoms with E-state index in [0.717, 1.165) is 24.9 Å². The van der Waals surface area contributed by atoms with Gasteiger partial charge in [-0.15, -0.1) is 0 Å². The summed E-state index contributed by atoms with van der Waals surface area (Å²) in [6.45, 7) is 0.858. The van der Waals surface area contributed by atoms with Crippen LogP contribution in [0.15, 0.2) is 48.8 Å². The molecule has 1 aliphatic carbocycles. The summed E-state index contributed by atoms with van der Waals surface area (Å²) in [5.74, 6) is 0.302. The zero-order valence-electron chi connectivity index (χ0n) is 10.7. The van der Waals surface area contributed by atoms with Crippen LogP contribution in [0.25, 0.3) is 0 Å². The lowest BCUT2D eigenvalue weighted by Crippen LogP contribution is -2.39. The molecule has 0 atom stereocenters. The van der Waals surface area contributed by atoms with Crippen molar-refractivity contribution in [2.75, 3.05) is 0 Å². The minimum absolute atomic E-state index is 0.0694. The third-order valence-corrected chi connectivity index (χ3v) is 3.83. The van der Waals surface area contributed by atoms with Gasteiger partial charge in [0.15, 0.2) is 0 Å². The molecule has 1 heterocycles. The highest BCUT2D eigenvalue weighted by Crippen LogP contribution is 2.37. The van der Waals surface area contributed by atoms with Crippen molar-refractivity contribution in [2.45, 2.75) is 31.3 Å². The van der Waals surface area contributed by atoms with Crippen molar-refractivity contribution >= 4 is 0 Å². The van der Waals surface area contributed by atoms with Crippen molar-refractivity contribution in [1.82, 2.24) is 10.3 Å². The summed E-state index contributed by atoms with van der Waals surface area (Å²) in [5.41, 5.74) is 2.11. The van der Waals surface area contributed by atoms with Gasteiger partial charge in [-0.2, -0.15) is 0 Å². The van der Waals surface area contributed by atoms with Gasteiger partial charge in [0.05, 0.1) is 0 Å². The van der Waals surface area contributed by atoms with Crippen LogP contribution >= 0.6 is 0 Å². The second-order valence-electron chi connectivity index (χ2n) is 5.12. The SMILES string of the molecule is Fc1ccccc1C1CC(NCc2ccncc2)C1. The second kappa shape index (κ2) is 5.49. The number of nitrogens with one attached hydrogen (secondary N) is 1. The summed E-state index contributed by atoms with van der Waals surface area (Å²) in [6.07, 6.45) is 5.65. The Kier molecular flexibility index (Phi) is 3.56. The fourth-order valence-corrected chi connectivity index (χ4v) is 2.61. The van der Waals surface area contributed by atoms with E-state index in [9.17, 15) is 4.39 Å². The predicted molar refractivity (Wildman–Crippen MR) is 73.2 cm³/mol. The molecule has 0 spiro atoms. The lowest BCUT2D eigenvalue weighted by molar-refractivity contribution is 0.284. The molecule has 19 heavy (non-hydrogen) atoms. The monoisotopic (exact) mass is 256 g/mol. The van der Waals surface area contributed by atoms with Gasteiger partial charge in [-0.1, -0.05) is 18.2 Å². The van der Waals surface area contributed by atoms with Crippen molar-refractivity contribution in [1.29, 1.82) is 0 Å². The van der Waals surface area contributed by atoms with Crippen molar-refractivity contribution in [2.24, 2.45) is 0 Å². The average Bonchev–Trinajstić information content (AvgIpc) is 2.40. The van der Waals surface area contributed by atoms with Gasteiger partial charge in [0.2, 0.25) is 0 Å². The van der Waals surface area contributed by atoms with E-state index in [1.165, 1.54) is 5.56 Å². The molecule has 1 aliphatic rings. The Morgan fingerprint density at radius 2 is 1.84 bits per heavy atom. The van der Waals surface area contributed by atoms with Gasteiger partial charge in [-0.25, -0.2) is 4.39 Å². The predicted octanol–water partition coefficient (Wildman–Crippen LogP) is 3.26. The number of halogens is 1. The number of hydrogen-bond donors (Lipinski definition) is 1. The fourth-order valence-electron chi connectivity index (χ4n) is 2.61. The molecule has 0 bridgehead atoms. The first-order valence-corrected chi connectivity index (χ1v) is 6.69. The van der Waals surface area contributed by atoms with Crippen molar-refractivity contribution in [3.8, 4) is 0 Å². The molecule has 2 nitrogen and oxygen atoms in total. The maximum atomic E-state index is 13.6. The average molecular weight is 256 g/mol. The smallest absolute Gasteiger partial charge is 0.126 e. The number of rotatable bonds is 4. The summed E-state index contributed by atoms with van der Waals surface area (Å²) < 4.78 is 13.6. The van der Waals surface area contributed by atoms with E-state index < -0.39 is 0 Å². The number of pyridine rings is 1. The highest BCUT2D eigenvalue weighted by atomic mass is 19.1. The van der Waals surface area contributed by atoms with Gasteiger partial charge in [0.1, 0.15) is 5.82 Å². The van der Waals surface area contributed by atoms with Crippen LogP contribution in [0.1, 0.15) is 29.9 Å². The highest BCUT2D eigenvalue weighted by molar-refractivity contribution is 5.24. The Hall–Kier alpha value is -1.74. The molecule has 0 unspecified atom stereocenters. The maximum Gasteiger partial charge on any atom is 0.126 e. The highest BCUT2D eigenvalue weighted by Gasteiger charge is 2.31. The Morgan fingerprint density at radius 1 is 1.11 bits per heavy atom. The minimum atomic E-state index is -0.0694. The van der Waals surface area contributed by atoms with Crippen molar-refractivity contribution < 1.29 is 4.39 Å². The largest absolute Gasteiger partial charge is 0.310 e. The van der Waals surface area contributed by atoms with E-state index in [1.807, 2.05) is 24.3 Å². The van der Waals surface area contributed by atoms with E-state index in [-0.39, 0.29) is 5.82 Å². The lowest BCUT2D eigenvalue weighted by atomic mass is 9.75. The van der Waals surface area contributed by atoms with E-state index in [2.05, 4.69) is 10.3 Å². The third-order valence-electron chi connectivity index (χ3n) is 3.83. The zero-order valence-corrected chi connectivity index (χ0v) is 10.7. The van der Waals surface area contributed by atoms with Crippen LogP contribution < -0.4 is 5.32 Å². The molecular formula is C16H17FN2. The molecule has 0 amide bonds. The molecule has 1 aromatic heterocycles. The van der Waals surface area contributed by atoms with Crippen LogP contribution in [-0.2, 0) is 6.54 Å². The Labute approximate surface area is 112 Å². The summed E-state index contributed by atoms with van der Waals surface area (Å²) in [4.78, 5) is 4.00. The molecule has 2 aromatic rings. The quantitative estimate of drug-likeness (QED) is 0.908. The molecule has 1 aromatic carbocycles. The van der Waals surface area contributed by atoms with Gasteiger partial charge in [-0.3, -0.25) is 4.98 Å². The number of benzene rings is 1. The Morgan fingerprint density at radius 3 is 2.58 bits per heavy atom. The van der Waals surface area contributed by atoms with Gasteiger partial charge in [0.25, 0.3) is 0 Å². The molecule has 1 saturated carbocycles. The van der Waals surface area contributed by atoms with Crippen LogP contribution in [0.5, 0.6) is 0 Å². The summed E-state index contributed by atoms with van der Waals surface area (Å²) >= 11 is 0. The van der Waals surface area contributed by atoms with Crippen LogP contribution in [0, 0.1) is 5.82 Å². The first-order valence-electron chi connectivity index (χ1n) is 6.69. The first-order chi connectivity index (χ1) is 9.33. The molecule has 0 radical (unpaired) electrons. The molecule has 98 valence electrons. The molecule has 0 saturated heterocycles. The number of nitrogens with zero attached hydrogens (tertiary/aromatic N) is 1. The Bertz CT molecular complexity index is 535. The standard InChI is InChI=1S/C16H17FN2/c17-16-4-2-1-3-15(16)13-9-14(10-13)19-11-12-5-7-18-8-6-12/h1-8,13-14,19H,9-11H2. The van der Waals surface area contributed by atoms with E-state index >= 15 is 0 Å². The second-order valence-corrected chi connectivity index (χ2v) is 5.12. The van der Waals surface area contributed by atoms with Crippen LogP contribution in [0.2, 0.25) is 0 Å². The molecule has 3 heteroatoms. The zero-order chi connectivity index (χ0) is 13.1. The van der Waals surface area contributed by atoms with Crippen molar-refractivity contribution in [3.05, 3.63) is 65.7 Å². The van der Waals surface area contributed by atoms with Gasteiger partial charge < -0.3 is 5.32 Å². The first kappa shape index (κ1) is 12.3. The summed E-state index contributed by atoms with van der Waals surface area (Å²) in [7, 11) is 0. The number of hydrogen-bond acceptors (Lipinski definition) is 2. The fraction of sp³-hybridized carbons (Fsp3) is 0.312. The van der Waals surface area contributed by atoms with Crippen LogP contribution in [0.4, 0.5) is 4.39 Å². The van der Waals surface area contributed by atoms with Crippen molar-refractivity contribution in [3.63, 3.8) is 0 Å². The summed E-state index contributed by atoms with van der Waals surface area (Å²) in [5, 5.41) is 3.50. The van der Waals surface area contributed by atoms with E-state index in [0.29, 0.717) is 12.0 Å². The molecule has 1 fully saturated rings. The summed E-state index contributed by atoms with van der Waals surface area (Å²) in [6, 6.07) is 11.6. The number of aromatic nitrogens is 1. The topological polar surface area (TPSA) is 24.9 Å². The lowest BCUT2D eigenvalue weighted by Gasteiger charge is -2.36. The molecule has 0 aliphatic heterocycles. The Balaban J connectivity index is 1.50. The van der Waals surface area contributed by atoms with E-state index in [4.69, 9.17) is 0 Å². The van der Waals surface area contributed by atoms with Crippen LogP contribution in [0.3, 0.4) is 0 Å². The molecular weight excluding hydrogens is 239 g/mol. The van der Waals surface area contributed by atoms with Gasteiger partial charge in [0, 0.05) is 25.0 Å². The molecule has 1 N–H and O–H groups in total.